The molecule has 1 atom stereocenters. The minimum atomic E-state index is -0.585. The van der Waals surface area contributed by atoms with Gasteiger partial charge in [0.25, 0.3) is 0 Å². The fraction of sp³-hybridized carbons (Fsp3) is 0.481. The molecule has 174 valence electrons. The first-order chi connectivity index (χ1) is 16.2. The Labute approximate surface area is 195 Å². The van der Waals surface area contributed by atoms with Gasteiger partial charge in [-0.25, -0.2) is 0 Å². The number of nitrogens with zero attached hydrogens (tertiary/aromatic N) is 1. The molecular formula is C27H32N2O4. The number of carbonyl (C=O) groups is 2. The maximum atomic E-state index is 13.6. The van der Waals surface area contributed by atoms with Gasteiger partial charge in [0.15, 0.2) is 11.5 Å². The van der Waals surface area contributed by atoms with Crippen molar-refractivity contribution in [1.82, 2.24) is 10.2 Å². The molecule has 0 aromatic heterocycles. The van der Waals surface area contributed by atoms with Gasteiger partial charge in [-0.05, 0) is 48.9 Å². The van der Waals surface area contributed by atoms with Crippen molar-refractivity contribution in [3.8, 4) is 11.5 Å². The predicted molar refractivity (Wildman–Crippen MR) is 125 cm³/mol. The molecule has 2 amide bonds. The highest BCUT2D eigenvalue weighted by atomic mass is 16.6. The van der Waals surface area contributed by atoms with E-state index in [4.69, 9.17) is 9.47 Å². The molecule has 0 radical (unpaired) electrons. The number of nitrogens with one attached hydrogen (secondary N) is 1. The van der Waals surface area contributed by atoms with E-state index in [1.807, 2.05) is 36.4 Å². The second kappa shape index (κ2) is 9.46. The Morgan fingerprint density at radius 3 is 2.48 bits per heavy atom. The number of piperidine rings is 1. The van der Waals surface area contributed by atoms with Gasteiger partial charge in [-0.3, -0.25) is 9.59 Å². The first-order valence-electron chi connectivity index (χ1n) is 12.2. The van der Waals surface area contributed by atoms with E-state index in [-0.39, 0.29) is 17.2 Å². The van der Waals surface area contributed by atoms with Crippen molar-refractivity contribution in [2.24, 2.45) is 0 Å². The van der Waals surface area contributed by atoms with Crippen LogP contribution in [-0.2, 0) is 15.0 Å². The van der Waals surface area contributed by atoms with Gasteiger partial charge in [0.1, 0.15) is 19.3 Å². The van der Waals surface area contributed by atoms with Gasteiger partial charge >= 0.3 is 0 Å². The molecule has 2 aliphatic heterocycles. The largest absolute Gasteiger partial charge is 0.486 e. The van der Waals surface area contributed by atoms with Crippen molar-refractivity contribution in [2.45, 2.75) is 56.4 Å². The number of likely N-dealkylation sites (tertiary alicyclic amines) is 1. The highest BCUT2D eigenvalue weighted by molar-refractivity contribution is 5.89. The SMILES string of the molecule is O=C(NCC1(c2ccc3c(c2)OCCO3)CCCC1)C(c1ccccc1)N1CCCCC1=O. The summed E-state index contributed by atoms with van der Waals surface area (Å²) in [5.74, 6) is 1.54. The average molecular weight is 449 g/mol. The Morgan fingerprint density at radius 1 is 0.970 bits per heavy atom. The number of hydrogen-bond donors (Lipinski definition) is 1. The molecule has 6 nitrogen and oxygen atoms in total. The third-order valence-electron chi connectivity index (χ3n) is 7.35. The lowest BCUT2D eigenvalue weighted by Gasteiger charge is -2.36. The summed E-state index contributed by atoms with van der Waals surface area (Å²) in [6.45, 7) is 2.31. The van der Waals surface area contributed by atoms with E-state index in [1.54, 1.807) is 4.90 Å². The number of hydrogen-bond acceptors (Lipinski definition) is 4. The van der Waals surface area contributed by atoms with Gasteiger partial charge in [-0.15, -0.1) is 0 Å². The number of amides is 2. The molecule has 1 saturated heterocycles. The van der Waals surface area contributed by atoms with Crippen LogP contribution in [0.5, 0.6) is 11.5 Å². The van der Waals surface area contributed by atoms with Crippen LogP contribution in [0.3, 0.4) is 0 Å². The molecule has 3 aliphatic rings. The van der Waals surface area contributed by atoms with Gasteiger partial charge in [0.05, 0.1) is 0 Å². The van der Waals surface area contributed by atoms with Crippen LogP contribution in [0.25, 0.3) is 0 Å². The molecule has 0 bridgehead atoms. The van der Waals surface area contributed by atoms with Crippen LogP contribution >= 0.6 is 0 Å². The van der Waals surface area contributed by atoms with Crippen molar-refractivity contribution in [2.75, 3.05) is 26.3 Å². The number of rotatable bonds is 6. The molecule has 2 aromatic carbocycles. The quantitative estimate of drug-likeness (QED) is 0.721. The number of benzene rings is 2. The van der Waals surface area contributed by atoms with E-state index < -0.39 is 6.04 Å². The summed E-state index contributed by atoms with van der Waals surface area (Å²) in [4.78, 5) is 28.1. The molecule has 6 heteroatoms. The minimum Gasteiger partial charge on any atom is -0.486 e. The van der Waals surface area contributed by atoms with Crippen molar-refractivity contribution in [1.29, 1.82) is 0 Å². The highest BCUT2D eigenvalue weighted by Crippen LogP contribution is 2.44. The predicted octanol–water partition coefficient (Wildman–Crippen LogP) is 4.14. The average Bonchev–Trinajstić information content (AvgIpc) is 3.35. The van der Waals surface area contributed by atoms with E-state index in [0.717, 1.165) is 55.6 Å². The molecule has 1 N–H and O–H groups in total. The third-order valence-corrected chi connectivity index (χ3v) is 7.35. The third kappa shape index (κ3) is 4.43. The van der Waals surface area contributed by atoms with Crippen LogP contribution in [-0.4, -0.2) is 43.0 Å². The van der Waals surface area contributed by atoms with Gasteiger partial charge in [-0.1, -0.05) is 49.2 Å². The second-order valence-electron chi connectivity index (χ2n) is 9.42. The number of carbonyl (C=O) groups excluding carboxylic acids is 2. The lowest BCUT2D eigenvalue weighted by Crippen LogP contribution is -2.48. The van der Waals surface area contributed by atoms with Crippen LogP contribution < -0.4 is 14.8 Å². The van der Waals surface area contributed by atoms with E-state index >= 15 is 0 Å². The lowest BCUT2D eigenvalue weighted by atomic mass is 9.78. The number of fused-ring (bicyclic) bond motifs is 1. The molecule has 33 heavy (non-hydrogen) atoms. The zero-order valence-electron chi connectivity index (χ0n) is 19.1. The van der Waals surface area contributed by atoms with Crippen LogP contribution in [0.4, 0.5) is 0 Å². The standard InChI is InChI=1S/C27H32N2O4/c30-24-10-4-7-15-29(24)25(20-8-2-1-3-9-20)26(31)28-19-27(13-5-6-14-27)21-11-12-22-23(18-21)33-17-16-32-22/h1-3,8-9,11-12,18,25H,4-7,10,13-17,19H2,(H,28,31). The molecule has 0 spiro atoms. The summed E-state index contributed by atoms with van der Waals surface area (Å²) < 4.78 is 11.5. The van der Waals surface area contributed by atoms with Gasteiger partial charge in [-0.2, -0.15) is 0 Å². The topological polar surface area (TPSA) is 67.9 Å². The van der Waals surface area contributed by atoms with Gasteiger partial charge < -0.3 is 19.7 Å². The molecule has 1 aliphatic carbocycles. The smallest absolute Gasteiger partial charge is 0.247 e. The maximum absolute atomic E-state index is 13.6. The van der Waals surface area contributed by atoms with Crippen LogP contribution in [0.2, 0.25) is 0 Å². The summed E-state index contributed by atoms with van der Waals surface area (Å²) in [7, 11) is 0. The monoisotopic (exact) mass is 448 g/mol. The van der Waals surface area contributed by atoms with Crippen LogP contribution in [0.15, 0.2) is 48.5 Å². The van der Waals surface area contributed by atoms with E-state index in [1.165, 1.54) is 5.56 Å². The molecule has 2 heterocycles. The summed E-state index contributed by atoms with van der Waals surface area (Å²) >= 11 is 0. The minimum absolute atomic E-state index is 0.0627. The van der Waals surface area contributed by atoms with E-state index in [2.05, 4.69) is 17.4 Å². The Morgan fingerprint density at radius 2 is 1.73 bits per heavy atom. The van der Waals surface area contributed by atoms with Crippen molar-refractivity contribution < 1.29 is 19.1 Å². The maximum Gasteiger partial charge on any atom is 0.247 e. The fourth-order valence-corrected chi connectivity index (χ4v) is 5.55. The first kappa shape index (κ1) is 21.8. The van der Waals surface area contributed by atoms with E-state index in [9.17, 15) is 9.59 Å². The summed E-state index contributed by atoms with van der Waals surface area (Å²) in [5.41, 5.74) is 1.93. The van der Waals surface area contributed by atoms with Crippen molar-refractivity contribution >= 4 is 11.8 Å². The summed E-state index contributed by atoms with van der Waals surface area (Å²) in [6, 6.07) is 15.3. The summed E-state index contributed by atoms with van der Waals surface area (Å²) in [5, 5.41) is 3.26. The Balaban J connectivity index is 1.38. The van der Waals surface area contributed by atoms with Crippen LogP contribution in [0.1, 0.15) is 62.1 Å². The Bertz CT molecular complexity index is 1000. The molecular weight excluding hydrogens is 416 g/mol. The molecule has 1 unspecified atom stereocenters. The molecule has 1 saturated carbocycles. The molecule has 2 fully saturated rings. The normalized spacial score (nSPS) is 20.4. The number of ether oxygens (including phenoxy) is 2. The molecule has 5 rings (SSSR count). The zero-order chi connectivity index (χ0) is 22.7. The second-order valence-corrected chi connectivity index (χ2v) is 9.42. The zero-order valence-corrected chi connectivity index (χ0v) is 19.1. The Hall–Kier alpha value is -3.02. The summed E-state index contributed by atoms with van der Waals surface area (Å²) in [6.07, 6.45) is 6.65. The molecule has 2 aromatic rings. The first-order valence-corrected chi connectivity index (χ1v) is 12.2. The van der Waals surface area contributed by atoms with Crippen molar-refractivity contribution in [3.05, 3.63) is 59.7 Å². The fourth-order valence-electron chi connectivity index (χ4n) is 5.55. The van der Waals surface area contributed by atoms with Gasteiger partial charge in [0, 0.05) is 24.9 Å². The van der Waals surface area contributed by atoms with Crippen LogP contribution in [0, 0.1) is 0 Å². The lowest BCUT2D eigenvalue weighted by molar-refractivity contribution is -0.142. The highest BCUT2D eigenvalue weighted by Gasteiger charge is 2.39. The van der Waals surface area contributed by atoms with Gasteiger partial charge in [0.2, 0.25) is 11.8 Å². The van der Waals surface area contributed by atoms with Crippen molar-refractivity contribution in [3.63, 3.8) is 0 Å². The Kier molecular flexibility index (Phi) is 6.25. The van der Waals surface area contributed by atoms with E-state index in [0.29, 0.717) is 32.7 Å².